The number of primary amides is 1. The summed E-state index contributed by atoms with van der Waals surface area (Å²) in [5, 5.41) is -0.139. The molecule has 1 amide bonds. The molecule has 0 fully saturated rings. The molecule has 0 heterocycles. The van der Waals surface area contributed by atoms with Crippen molar-refractivity contribution in [2.75, 3.05) is 0 Å². The van der Waals surface area contributed by atoms with Crippen molar-refractivity contribution in [1.29, 1.82) is 0 Å². The van der Waals surface area contributed by atoms with E-state index >= 15 is 0 Å². The molecule has 0 aromatic heterocycles. The number of hydrogen-bond donors (Lipinski definition) is 1. The minimum absolute atomic E-state index is 0.350. The molecule has 1 aromatic carbocycles. The zero-order valence-electron chi connectivity index (χ0n) is 7.14. The molecule has 1 unspecified atom stereocenters. The van der Waals surface area contributed by atoms with Crippen LogP contribution < -0.4 is 5.73 Å². The molecule has 0 bridgehead atoms. The van der Waals surface area contributed by atoms with Crippen molar-refractivity contribution in [3.8, 4) is 0 Å². The van der Waals surface area contributed by atoms with Crippen LogP contribution in [0.3, 0.4) is 0 Å². The van der Waals surface area contributed by atoms with Crippen molar-refractivity contribution in [3.05, 3.63) is 33.3 Å². The Labute approximate surface area is 101 Å². The molecule has 0 radical (unpaired) electrons. The Morgan fingerprint density at radius 3 is 2.71 bits per heavy atom. The maximum absolute atomic E-state index is 10.7. The summed E-state index contributed by atoms with van der Waals surface area (Å²) >= 11 is 14.9. The molecule has 0 aliphatic heterocycles. The van der Waals surface area contributed by atoms with Crippen LogP contribution in [0.4, 0.5) is 0 Å². The van der Waals surface area contributed by atoms with Gasteiger partial charge in [-0.25, -0.2) is 0 Å². The lowest BCUT2D eigenvalue weighted by Crippen LogP contribution is -2.25. The number of halogens is 3. The topological polar surface area (TPSA) is 43.1 Å². The predicted molar refractivity (Wildman–Crippen MR) is 61.7 cm³/mol. The van der Waals surface area contributed by atoms with E-state index in [2.05, 4.69) is 15.9 Å². The van der Waals surface area contributed by atoms with E-state index in [1.807, 2.05) is 12.1 Å². The third-order valence-corrected chi connectivity index (χ3v) is 2.94. The van der Waals surface area contributed by atoms with Crippen LogP contribution in [0.2, 0.25) is 5.02 Å². The largest absolute Gasteiger partial charge is 0.368 e. The van der Waals surface area contributed by atoms with Crippen LogP contribution in [-0.4, -0.2) is 11.3 Å². The quantitative estimate of drug-likeness (QED) is 0.856. The predicted octanol–water partition coefficient (Wildman–Crippen LogP) is 2.74. The molecule has 5 heteroatoms. The van der Waals surface area contributed by atoms with E-state index < -0.39 is 11.3 Å². The first-order valence-corrected chi connectivity index (χ1v) is 5.48. The highest BCUT2D eigenvalue weighted by molar-refractivity contribution is 9.10. The van der Waals surface area contributed by atoms with Gasteiger partial charge in [0.15, 0.2) is 0 Å². The van der Waals surface area contributed by atoms with Crippen LogP contribution in [-0.2, 0) is 11.2 Å². The summed E-state index contributed by atoms with van der Waals surface area (Å²) in [5.74, 6) is -0.536. The lowest BCUT2D eigenvalue weighted by molar-refractivity contribution is -0.117. The Balaban J connectivity index is 2.82. The molecule has 0 saturated heterocycles. The highest BCUT2D eigenvalue weighted by Crippen LogP contribution is 2.23. The second kappa shape index (κ2) is 5.01. The molecule has 0 saturated carbocycles. The van der Waals surface area contributed by atoms with Gasteiger partial charge in [0.1, 0.15) is 5.38 Å². The molecular formula is C9H8BrCl2NO. The SMILES string of the molecule is NC(=O)C(Cl)Cc1ccc(Br)cc1Cl. The molecule has 0 aliphatic carbocycles. The number of amides is 1. The van der Waals surface area contributed by atoms with Crippen molar-refractivity contribution in [3.63, 3.8) is 0 Å². The van der Waals surface area contributed by atoms with Gasteiger partial charge < -0.3 is 5.73 Å². The number of alkyl halides is 1. The van der Waals surface area contributed by atoms with Crippen LogP contribution in [0.15, 0.2) is 22.7 Å². The van der Waals surface area contributed by atoms with Crippen molar-refractivity contribution < 1.29 is 4.79 Å². The van der Waals surface area contributed by atoms with Gasteiger partial charge in [-0.2, -0.15) is 0 Å². The third kappa shape index (κ3) is 3.15. The maximum Gasteiger partial charge on any atom is 0.235 e. The van der Waals surface area contributed by atoms with Gasteiger partial charge in [-0.05, 0) is 24.1 Å². The van der Waals surface area contributed by atoms with Crippen molar-refractivity contribution in [2.24, 2.45) is 5.73 Å². The minimum Gasteiger partial charge on any atom is -0.368 e. The average Bonchev–Trinajstić information content (AvgIpc) is 2.09. The van der Waals surface area contributed by atoms with Gasteiger partial charge in [0.2, 0.25) is 5.91 Å². The van der Waals surface area contributed by atoms with Gasteiger partial charge in [0.05, 0.1) is 0 Å². The zero-order valence-corrected chi connectivity index (χ0v) is 10.2. The summed E-state index contributed by atoms with van der Waals surface area (Å²) in [7, 11) is 0. The van der Waals surface area contributed by atoms with Gasteiger partial charge in [0, 0.05) is 9.50 Å². The summed E-state index contributed by atoms with van der Waals surface area (Å²) in [6, 6.07) is 5.40. The second-order valence-corrected chi connectivity index (χ2v) is 4.66. The normalized spacial score (nSPS) is 12.5. The fourth-order valence-electron chi connectivity index (χ4n) is 0.981. The summed E-state index contributed by atoms with van der Waals surface area (Å²) in [5.41, 5.74) is 5.85. The number of hydrogen-bond acceptors (Lipinski definition) is 1. The summed E-state index contributed by atoms with van der Waals surface area (Å²) in [6.45, 7) is 0. The van der Waals surface area contributed by atoms with Gasteiger partial charge in [-0.1, -0.05) is 33.6 Å². The Kier molecular flexibility index (Phi) is 4.23. The van der Waals surface area contributed by atoms with E-state index in [1.54, 1.807) is 6.07 Å². The number of nitrogens with two attached hydrogens (primary N) is 1. The van der Waals surface area contributed by atoms with Crippen molar-refractivity contribution in [2.45, 2.75) is 11.8 Å². The Bertz CT molecular complexity index is 357. The molecule has 0 spiro atoms. The molecule has 1 rings (SSSR count). The van der Waals surface area contributed by atoms with E-state index in [4.69, 9.17) is 28.9 Å². The van der Waals surface area contributed by atoms with Gasteiger partial charge in [-0.15, -0.1) is 11.6 Å². The average molecular weight is 297 g/mol. The van der Waals surface area contributed by atoms with Gasteiger partial charge in [0.25, 0.3) is 0 Å². The van der Waals surface area contributed by atoms with Crippen LogP contribution in [0, 0.1) is 0 Å². The molecule has 0 aliphatic rings. The van der Waals surface area contributed by atoms with Crippen molar-refractivity contribution >= 4 is 45.0 Å². The second-order valence-electron chi connectivity index (χ2n) is 2.81. The zero-order chi connectivity index (χ0) is 10.7. The van der Waals surface area contributed by atoms with Crippen LogP contribution in [0.5, 0.6) is 0 Å². The Morgan fingerprint density at radius 1 is 1.57 bits per heavy atom. The Morgan fingerprint density at radius 2 is 2.21 bits per heavy atom. The Hall–Kier alpha value is -0.250. The van der Waals surface area contributed by atoms with E-state index in [-0.39, 0.29) is 0 Å². The third-order valence-electron chi connectivity index (χ3n) is 1.72. The van der Waals surface area contributed by atoms with E-state index in [0.717, 1.165) is 10.0 Å². The number of carbonyl (C=O) groups is 1. The lowest BCUT2D eigenvalue weighted by atomic mass is 10.1. The van der Waals surface area contributed by atoms with Crippen molar-refractivity contribution in [1.82, 2.24) is 0 Å². The first-order valence-electron chi connectivity index (χ1n) is 3.88. The summed E-state index contributed by atoms with van der Waals surface area (Å²) in [6.07, 6.45) is 0.350. The van der Waals surface area contributed by atoms with Crippen LogP contribution in [0.1, 0.15) is 5.56 Å². The smallest absolute Gasteiger partial charge is 0.235 e. The van der Waals surface area contributed by atoms with Gasteiger partial charge >= 0.3 is 0 Å². The van der Waals surface area contributed by atoms with E-state index in [0.29, 0.717) is 11.4 Å². The number of benzene rings is 1. The molecule has 1 aromatic rings. The van der Waals surface area contributed by atoms with E-state index in [9.17, 15) is 4.79 Å². The molecule has 14 heavy (non-hydrogen) atoms. The number of carbonyl (C=O) groups excluding carboxylic acids is 1. The van der Waals surface area contributed by atoms with Gasteiger partial charge in [-0.3, -0.25) is 4.79 Å². The maximum atomic E-state index is 10.7. The highest BCUT2D eigenvalue weighted by Gasteiger charge is 2.13. The fraction of sp³-hybridized carbons (Fsp3) is 0.222. The molecule has 2 nitrogen and oxygen atoms in total. The lowest BCUT2D eigenvalue weighted by Gasteiger charge is -2.07. The summed E-state index contributed by atoms with van der Waals surface area (Å²) in [4.78, 5) is 10.7. The molecule has 2 N–H and O–H groups in total. The molecule has 76 valence electrons. The fourth-order valence-corrected chi connectivity index (χ4v) is 1.90. The summed E-state index contributed by atoms with van der Waals surface area (Å²) < 4.78 is 0.886. The minimum atomic E-state index is -0.714. The standard InChI is InChI=1S/C9H8BrCl2NO/c10-6-2-1-5(7(11)4-6)3-8(12)9(13)14/h1-2,4,8H,3H2,(H2,13,14). The highest BCUT2D eigenvalue weighted by atomic mass is 79.9. The number of rotatable bonds is 3. The van der Waals surface area contributed by atoms with Crippen LogP contribution >= 0.6 is 39.1 Å². The first kappa shape index (κ1) is 11.8. The monoisotopic (exact) mass is 295 g/mol. The van der Waals surface area contributed by atoms with E-state index in [1.165, 1.54) is 0 Å². The molecular weight excluding hydrogens is 289 g/mol. The first-order chi connectivity index (χ1) is 6.50. The molecule has 1 atom stereocenters. The van der Waals surface area contributed by atoms with Crippen LogP contribution in [0.25, 0.3) is 0 Å².